The molecule has 2 rings (SSSR count). The first kappa shape index (κ1) is 20.5. The Morgan fingerprint density at radius 2 is 1.76 bits per heavy atom. The summed E-state index contributed by atoms with van der Waals surface area (Å²) < 4.78 is 0. The Balaban J connectivity index is 1.69. The Morgan fingerprint density at radius 3 is 2.36 bits per heavy atom. The topological polar surface area (TPSA) is 55.9 Å². The van der Waals surface area contributed by atoms with Gasteiger partial charge in [0.2, 0.25) is 11.8 Å². The molecule has 25 heavy (non-hydrogen) atoms. The third kappa shape index (κ3) is 5.86. The van der Waals surface area contributed by atoms with Gasteiger partial charge in [0.25, 0.3) is 0 Å². The maximum Gasteiger partial charge on any atom is 0.243 e. The molecule has 0 aromatic heterocycles. The Kier molecular flexibility index (Phi) is 7.58. The van der Waals surface area contributed by atoms with Crippen LogP contribution in [0.4, 0.5) is 0 Å². The molecule has 0 radical (unpaired) electrons. The zero-order valence-electron chi connectivity index (χ0n) is 16.2. The van der Waals surface area contributed by atoms with Crippen LogP contribution in [0.1, 0.15) is 34.1 Å². The van der Waals surface area contributed by atoms with Crippen molar-refractivity contribution in [2.75, 3.05) is 57.4 Å². The highest BCUT2D eigenvalue weighted by atomic mass is 32.2. The number of piperazine rings is 1. The predicted molar refractivity (Wildman–Crippen MR) is 104 cm³/mol. The fourth-order valence-electron chi connectivity index (χ4n) is 3.25. The molecule has 1 atom stereocenters. The molecule has 1 N–H and O–H groups in total. The lowest BCUT2D eigenvalue weighted by Crippen LogP contribution is -2.51. The smallest absolute Gasteiger partial charge is 0.243 e. The molecule has 0 spiro atoms. The van der Waals surface area contributed by atoms with E-state index in [2.05, 4.69) is 22.0 Å². The second kappa shape index (κ2) is 9.24. The van der Waals surface area contributed by atoms with Crippen LogP contribution in [0.25, 0.3) is 0 Å². The quantitative estimate of drug-likeness (QED) is 0.709. The van der Waals surface area contributed by atoms with Gasteiger partial charge >= 0.3 is 0 Å². The zero-order valence-corrected chi connectivity index (χ0v) is 17.0. The van der Waals surface area contributed by atoms with Crippen molar-refractivity contribution in [3.05, 3.63) is 0 Å². The van der Waals surface area contributed by atoms with E-state index in [0.717, 1.165) is 45.7 Å². The minimum atomic E-state index is -0.440. The molecule has 2 amide bonds. The van der Waals surface area contributed by atoms with Gasteiger partial charge in [0, 0.05) is 43.9 Å². The molecular formula is C18H34N4O2S. The van der Waals surface area contributed by atoms with Crippen molar-refractivity contribution in [2.45, 2.75) is 40.2 Å². The summed E-state index contributed by atoms with van der Waals surface area (Å²) in [6, 6.07) is -0.315. The standard InChI is InChI=1S/C18H34N4O2S/c1-5-20-9-11-21(12-10-20)8-6-7-19-16(23)15-13-25-14-22(15)17(24)18(2,3)4/h15H,5-14H2,1-4H3,(H,19,23). The molecule has 0 saturated carbocycles. The third-order valence-electron chi connectivity index (χ3n) is 4.95. The molecule has 2 saturated heterocycles. The van der Waals surface area contributed by atoms with Crippen molar-refractivity contribution in [2.24, 2.45) is 5.41 Å². The predicted octanol–water partition coefficient (Wildman–Crippen LogP) is 1.08. The summed E-state index contributed by atoms with van der Waals surface area (Å²) in [5.41, 5.74) is -0.440. The first-order valence-corrected chi connectivity index (χ1v) is 10.6. The van der Waals surface area contributed by atoms with E-state index in [0.29, 0.717) is 18.2 Å². The van der Waals surface area contributed by atoms with E-state index in [1.807, 2.05) is 20.8 Å². The summed E-state index contributed by atoms with van der Waals surface area (Å²) in [6.07, 6.45) is 0.963. The largest absolute Gasteiger partial charge is 0.354 e. The number of carbonyl (C=O) groups excluding carboxylic acids is 2. The molecule has 144 valence electrons. The fourth-order valence-corrected chi connectivity index (χ4v) is 4.41. The fraction of sp³-hybridized carbons (Fsp3) is 0.889. The summed E-state index contributed by atoms with van der Waals surface area (Å²) in [7, 11) is 0. The number of nitrogens with one attached hydrogen (secondary N) is 1. The van der Waals surface area contributed by atoms with E-state index in [4.69, 9.17) is 0 Å². The van der Waals surface area contributed by atoms with Gasteiger partial charge in [0.1, 0.15) is 6.04 Å². The molecule has 6 nitrogen and oxygen atoms in total. The summed E-state index contributed by atoms with van der Waals surface area (Å²) in [4.78, 5) is 31.7. The molecule has 2 fully saturated rings. The van der Waals surface area contributed by atoms with E-state index in [1.54, 1.807) is 16.7 Å². The van der Waals surface area contributed by atoms with Crippen LogP contribution in [0.2, 0.25) is 0 Å². The molecule has 0 bridgehead atoms. The number of carbonyl (C=O) groups is 2. The molecule has 2 aliphatic rings. The van der Waals surface area contributed by atoms with Crippen LogP contribution in [0.15, 0.2) is 0 Å². The van der Waals surface area contributed by atoms with E-state index < -0.39 is 5.41 Å². The van der Waals surface area contributed by atoms with Gasteiger partial charge in [0.05, 0.1) is 5.88 Å². The van der Waals surface area contributed by atoms with Crippen molar-refractivity contribution in [1.29, 1.82) is 0 Å². The first-order valence-electron chi connectivity index (χ1n) is 9.44. The highest BCUT2D eigenvalue weighted by Crippen LogP contribution is 2.27. The van der Waals surface area contributed by atoms with Crippen molar-refractivity contribution in [1.82, 2.24) is 20.0 Å². The maximum atomic E-state index is 12.5. The maximum absolute atomic E-state index is 12.5. The Bertz CT molecular complexity index is 458. The number of likely N-dealkylation sites (N-methyl/N-ethyl adjacent to an activating group) is 1. The number of rotatable bonds is 6. The van der Waals surface area contributed by atoms with Gasteiger partial charge in [-0.1, -0.05) is 27.7 Å². The van der Waals surface area contributed by atoms with Gasteiger partial charge in [0.15, 0.2) is 0 Å². The summed E-state index contributed by atoms with van der Waals surface area (Å²) in [5.74, 6) is 1.38. The van der Waals surface area contributed by atoms with Gasteiger partial charge < -0.3 is 20.0 Å². The van der Waals surface area contributed by atoms with Crippen LogP contribution in [-0.2, 0) is 9.59 Å². The van der Waals surface area contributed by atoms with Crippen molar-refractivity contribution < 1.29 is 9.59 Å². The van der Waals surface area contributed by atoms with E-state index >= 15 is 0 Å². The molecule has 0 aromatic rings. The van der Waals surface area contributed by atoms with Crippen LogP contribution < -0.4 is 5.32 Å². The molecule has 0 aromatic carbocycles. The SMILES string of the molecule is CCN1CCN(CCCNC(=O)C2CSCN2C(=O)C(C)(C)C)CC1. The number of thioether (sulfide) groups is 1. The Labute approximate surface area is 156 Å². The van der Waals surface area contributed by atoms with Crippen LogP contribution in [0.3, 0.4) is 0 Å². The van der Waals surface area contributed by atoms with Crippen LogP contribution in [-0.4, -0.2) is 90.0 Å². The molecule has 2 aliphatic heterocycles. The molecule has 1 unspecified atom stereocenters. The second-order valence-corrected chi connectivity index (χ2v) is 8.96. The molecule has 7 heteroatoms. The lowest BCUT2D eigenvalue weighted by Gasteiger charge is -2.34. The lowest BCUT2D eigenvalue weighted by atomic mass is 9.94. The number of amides is 2. The average Bonchev–Trinajstić information content (AvgIpc) is 3.07. The van der Waals surface area contributed by atoms with Gasteiger partial charge in [-0.3, -0.25) is 9.59 Å². The number of nitrogens with zero attached hydrogens (tertiary/aromatic N) is 3. The average molecular weight is 371 g/mol. The minimum absolute atomic E-state index is 0.00148. The monoisotopic (exact) mass is 370 g/mol. The summed E-state index contributed by atoms with van der Waals surface area (Å²) >= 11 is 1.66. The highest BCUT2D eigenvalue weighted by molar-refractivity contribution is 7.99. The van der Waals surface area contributed by atoms with Crippen molar-refractivity contribution in [3.63, 3.8) is 0 Å². The Hall–Kier alpha value is -0.790. The van der Waals surface area contributed by atoms with Gasteiger partial charge in [-0.2, -0.15) is 0 Å². The number of hydrogen-bond acceptors (Lipinski definition) is 5. The van der Waals surface area contributed by atoms with Crippen molar-refractivity contribution in [3.8, 4) is 0 Å². The molecule has 2 heterocycles. The van der Waals surface area contributed by atoms with Crippen LogP contribution in [0, 0.1) is 5.41 Å². The van der Waals surface area contributed by atoms with Crippen LogP contribution >= 0.6 is 11.8 Å². The third-order valence-corrected chi connectivity index (χ3v) is 5.96. The van der Waals surface area contributed by atoms with Crippen molar-refractivity contribution >= 4 is 23.6 Å². The van der Waals surface area contributed by atoms with Gasteiger partial charge in [-0.25, -0.2) is 0 Å². The summed E-state index contributed by atoms with van der Waals surface area (Å²) in [6.45, 7) is 15.3. The van der Waals surface area contributed by atoms with E-state index in [9.17, 15) is 9.59 Å². The van der Waals surface area contributed by atoms with E-state index in [-0.39, 0.29) is 17.9 Å². The number of hydrogen-bond donors (Lipinski definition) is 1. The Morgan fingerprint density at radius 1 is 1.12 bits per heavy atom. The second-order valence-electron chi connectivity index (χ2n) is 7.96. The molecule has 0 aliphatic carbocycles. The van der Waals surface area contributed by atoms with Gasteiger partial charge in [-0.05, 0) is 19.5 Å². The van der Waals surface area contributed by atoms with E-state index in [1.165, 1.54) is 0 Å². The summed E-state index contributed by atoms with van der Waals surface area (Å²) in [5, 5.41) is 3.04. The molecular weight excluding hydrogens is 336 g/mol. The normalized spacial score (nSPS) is 23.0. The van der Waals surface area contributed by atoms with Gasteiger partial charge in [-0.15, -0.1) is 11.8 Å². The highest BCUT2D eigenvalue weighted by Gasteiger charge is 2.38. The first-order chi connectivity index (χ1) is 11.8. The minimum Gasteiger partial charge on any atom is -0.354 e. The zero-order chi connectivity index (χ0) is 18.4. The van der Waals surface area contributed by atoms with Crippen LogP contribution in [0.5, 0.6) is 0 Å². The lowest BCUT2D eigenvalue weighted by molar-refractivity contribution is -0.144.